The summed E-state index contributed by atoms with van der Waals surface area (Å²) in [6, 6.07) is 2.15. The van der Waals surface area contributed by atoms with Crippen molar-refractivity contribution in [3.63, 3.8) is 0 Å². The second-order valence-corrected chi connectivity index (χ2v) is 5.67. The van der Waals surface area contributed by atoms with Gasteiger partial charge in [-0.15, -0.1) is 0 Å². The molecule has 1 aromatic carbocycles. The summed E-state index contributed by atoms with van der Waals surface area (Å²) in [5.74, 6) is -2.01. The summed E-state index contributed by atoms with van der Waals surface area (Å²) in [5, 5.41) is -0.641. The molecule has 1 aliphatic rings. The Hall–Kier alpha value is -1.95. The van der Waals surface area contributed by atoms with Crippen molar-refractivity contribution in [2.75, 3.05) is 13.1 Å². The van der Waals surface area contributed by atoms with Crippen LogP contribution in [0.15, 0.2) is 24.7 Å². The maximum atomic E-state index is 13.9. The van der Waals surface area contributed by atoms with Gasteiger partial charge in [-0.2, -0.15) is 0 Å². The molecule has 0 saturated carbocycles. The van der Waals surface area contributed by atoms with Gasteiger partial charge in [0.2, 0.25) is 0 Å². The maximum absolute atomic E-state index is 13.9. The van der Waals surface area contributed by atoms with Crippen molar-refractivity contribution in [2.24, 2.45) is 0 Å². The highest BCUT2D eigenvalue weighted by atomic mass is 35.5. The quantitative estimate of drug-likeness (QED) is 0.861. The van der Waals surface area contributed by atoms with E-state index in [0.29, 0.717) is 19.0 Å². The number of halogens is 3. The Labute approximate surface area is 131 Å². The van der Waals surface area contributed by atoms with Gasteiger partial charge in [0.1, 0.15) is 10.8 Å². The van der Waals surface area contributed by atoms with E-state index in [2.05, 4.69) is 9.97 Å². The van der Waals surface area contributed by atoms with E-state index in [4.69, 9.17) is 11.6 Å². The number of piperidine rings is 1. The first-order valence-electron chi connectivity index (χ1n) is 6.99. The van der Waals surface area contributed by atoms with Crippen molar-refractivity contribution in [1.29, 1.82) is 0 Å². The first-order valence-corrected chi connectivity index (χ1v) is 7.36. The van der Waals surface area contributed by atoms with Gasteiger partial charge in [0.05, 0.1) is 11.9 Å². The maximum Gasteiger partial charge on any atom is 0.256 e. The van der Waals surface area contributed by atoms with E-state index in [0.717, 1.165) is 30.7 Å². The van der Waals surface area contributed by atoms with Crippen LogP contribution < -0.4 is 0 Å². The Morgan fingerprint density at radius 2 is 2.05 bits per heavy atom. The van der Waals surface area contributed by atoms with Crippen LogP contribution >= 0.6 is 11.6 Å². The lowest BCUT2D eigenvalue weighted by Gasteiger charge is -2.31. The molecule has 1 aromatic heterocycles. The third kappa shape index (κ3) is 2.70. The molecule has 3 rings (SSSR count). The summed E-state index contributed by atoms with van der Waals surface area (Å²) in [7, 11) is 0. The number of aromatic nitrogens is 2. The van der Waals surface area contributed by atoms with Crippen LogP contribution in [0.4, 0.5) is 8.78 Å². The first kappa shape index (κ1) is 15.0. The van der Waals surface area contributed by atoms with Gasteiger partial charge in [-0.05, 0) is 25.0 Å². The summed E-state index contributed by atoms with van der Waals surface area (Å²) in [6.45, 7) is 1.02. The van der Waals surface area contributed by atoms with Crippen LogP contribution in [-0.2, 0) is 0 Å². The molecule has 1 aliphatic heterocycles. The Balaban J connectivity index is 1.71. The zero-order valence-electron chi connectivity index (χ0n) is 11.7. The molecule has 22 heavy (non-hydrogen) atoms. The Bertz CT molecular complexity index is 682. The molecule has 0 bridgehead atoms. The fraction of sp³-hybridized carbons (Fsp3) is 0.333. The number of carbonyl (C=O) groups is 1. The number of nitrogens with zero attached hydrogens (tertiary/aromatic N) is 2. The Kier molecular flexibility index (Phi) is 4.11. The standard InChI is InChI=1S/C15H14ClF2N3O/c16-13-11(17)2-1-10(14(13)18)15(22)21-5-3-9(4-6-21)12-7-19-8-20-12/h1-2,7-9H,3-6H2,(H,19,20). The van der Waals surface area contributed by atoms with Crippen LogP contribution in [-0.4, -0.2) is 33.9 Å². The monoisotopic (exact) mass is 325 g/mol. The smallest absolute Gasteiger partial charge is 0.256 e. The van der Waals surface area contributed by atoms with Gasteiger partial charge in [0.25, 0.3) is 5.91 Å². The average molecular weight is 326 g/mol. The molecule has 2 heterocycles. The number of hydrogen-bond acceptors (Lipinski definition) is 2. The topological polar surface area (TPSA) is 49.0 Å². The van der Waals surface area contributed by atoms with E-state index >= 15 is 0 Å². The number of amides is 1. The molecular formula is C15H14ClF2N3O. The van der Waals surface area contributed by atoms with Gasteiger partial charge in [-0.3, -0.25) is 4.79 Å². The minimum atomic E-state index is -0.998. The van der Waals surface area contributed by atoms with Crippen LogP contribution in [0, 0.1) is 11.6 Å². The molecule has 0 aliphatic carbocycles. The third-order valence-electron chi connectivity index (χ3n) is 4.01. The number of benzene rings is 1. The summed E-state index contributed by atoms with van der Waals surface area (Å²) in [5.41, 5.74) is 0.856. The molecule has 4 nitrogen and oxygen atoms in total. The van der Waals surface area contributed by atoms with E-state index in [1.54, 1.807) is 17.4 Å². The molecule has 0 spiro atoms. The summed E-state index contributed by atoms with van der Waals surface area (Å²) >= 11 is 5.52. The molecule has 1 N–H and O–H groups in total. The van der Waals surface area contributed by atoms with Crippen LogP contribution in [0.5, 0.6) is 0 Å². The van der Waals surface area contributed by atoms with Crippen LogP contribution in [0.3, 0.4) is 0 Å². The highest BCUT2D eigenvalue weighted by Crippen LogP contribution is 2.28. The largest absolute Gasteiger partial charge is 0.348 e. The van der Waals surface area contributed by atoms with E-state index in [-0.39, 0.29) is 5.56 Å². The molecule has 7 heteroatoms. The second-order valence-electron chi connectivity index (χ2n) is 5.30. The number of likely N-dealkylation sites (tertiary alicyclic amines) is 1. The molecule has 0 unspecified atom stereocenters. The number of nitrogens with one attached hydrogen (secondary N) is 1. The minimum absolute atomic E-state index is 0.189. The second kappa shape index (κ2) is 6.04. The molecule has 0 radical (unpaired) electrons. The number of hydrogen-bond donors (Lipinski definition) is 1. The highest BCUT2D eigenvalue weighted by Gasteiger charge is 2.27. The van der Waals surface area contributed by atoms with Crippen molar-refractivity contribution in [2.45, 2.75) is 18.8 Å². The first-order chi connectivity index (χ1) is 10.6. The lowest BCUT2D eigenvalue weighted by Crippen LogP contribution is -2.38. The van der Waals surface area contributed by atoms with Crippen molar-refractivity contribution in [3.8, 4) is 0 Å². The molecule has 2 aromatic rings. The predicted molar refractivity (Wildman–Crippen MR) is 77.8 cm³/mol. The van der Waals surface area contributed by atoms with E-state index in [1.807, 2.05) is 0 Å². The SMILES string of the molecule is O=C(c1ccc(F)c(Cl)c1F)N1CCC(c2cnc[nH]2)CC1. The van der Waals surface area contributed by atoms with E-state index in [1.165, 1.54) is 0 Å². The van der Waals surface area contributed by atoms with Gasteiger partial charge in [0, 0.05) is 30.9 Å². The average Bonchev–Trinajstić information content (AvgIpc) is 3.07. The minimum Gasteiger partial charge on any atom is -0.348 e. The summed E-state index contributed by atoms with van der Waals surface area (Å²) in [6.07, 6.45) is 4.94. The van der Waals surface area contributed by atoms with Gasteiger partial charge in [0.15, 0.2) is 5.82 Å². The molecule has 1 amide bonds. The van der Waals surface area contributed by atoms with Gasteiger partial charge in [-0.25, -0.2) is 13.8 Å². The molecule has 1 saturated heterocycles. The molecule has 116 valence electrons. The zero-order valence-corrected chi connectivity index (χ0v) is 12.4. The molecule has 1 fully saturated rings. The van der Waals surface area contributed by atoms with E-state index in [9.17, 15) is 13.6 Å². The van der Waals surface area contributed by atoms with Crippen molar-refractivity contribution < 1.29 is 13.6 Å². The van der Waals surface area contributed by atoms with Gasteiger partial charge < -0.3 is 9.88 Å². The van der Waals surface area contributed by atoms with Crippen LogP contribution in [0.25, 0.3) is 0 Å². The molecule has 0 atom stereocenters. The van der Waals surface area contributed by atoms with Crippen molar-refractivity contribution in [3.05, 3.63) is 52.6 Å². The van der Waals surface area contributed by atoms with Crippen molar-refractivity contribution >= 4 is 17.5 Å². The van der Waals surface area contributed by atoms with E-state index < -0.39 is 22.6 Å². The Morgan fingerprint density at radius 3 is 2.68 bits per heavy atom. The number of carbonyl (C=O) groups excluding carboxylic acids is 1. The lowest BCUT2D eigenvalue weighted by atomic mass is 9.93. The lowest BCUT2D eigenvalue weighted by molar-refractivity contribution is 0.0707. The zero-order chi connectivity index (χ0) is 15.7. The number of H-pyrrole nitrogens is 1. The van der Waals surface area contributed by atoms with Crippen molar-refractivity contribution in [1.82, 2.24) is 14.9 Å². The normalized spacial score (nSPS) is 16.0. The van der Waals surface area contributed by atoms with Gasteiger partial charge in [-0.1, -0.05) is 11.6 Å². The van der Waals surface area contributed by atoms with Crippen LogP contribution in [0.2, 0.25) is 5.02 Å². The highest BCUT2D eigenvalue weighted by molar-refractivity contribution is 6.31. The fourth-order valence-electron chi connectivity index (χ4n) is 2.74. The number of aromatic amines is 1. The summed E-state index contributed by atoms with van der Waals surface area (Å²) in [4.78, 5) is 21.0. The third-order valence-corrected chi connectivity index (χ3v) is 4.35. The number of rotatable bonds is 2. The number of imidazole rings is 1. The molecular weight excluding hydrogens is 312 g/mol. The Morgan fingerprint density at radius 1 is 1.32 bits per heavy atom. The summed E-state index contributed by atoms with van der Waals surface area (Å²) < 4.78 is 27.1. The predicted octanol–water partition coefficient (Wildman–Crippen LogP) is 3.36. The van der Waals surface area contributed by atoms with Gasteiger partial charge >= 0.3 is 0 Å². The van der Waals surface area contributed by atoms with Crippen LogP contribution in [0.1, 0.15) is 34.8 Å². The fourth-order valence-corrected chi connectivity index (χ4v) is 2.91.